The molecule has 0 aliphatic heterocycles. The van der Waals surface area contributed by atoms with Crippen LogP contribution in [0.15, 0.2) is 48.5 Å². The lowest BCUT2D eigenvalue weighted by atomic mass is 9.75. The van der Waals surface area contributed by atoms with Crippen molar-refractivity contribution in [2.24, 2.45) is 5.92 Å². The molecule has 35 heavy (non-hydrogen) atoms. The maximum absolute atomic E-state index is 13.7. The van der Waals surface area contributed by atoms with Gasteiger partial charge in [-0.1, -0.05) is 68.3 Å². The first-order valence-corrected chi connectivity index (χ1v) is 12.4. The smallest absolute Gasteiger partial charge is 0.408 e. The average Bonchev–Trinajstić information content (AvgIpc) is 3.60. The van der Waals surface area contributed by atoms with Gasteiger partial charge in [-0.25, -0.2) is 9.59 Å². The van der Waals surface area contributed by atoms with Crippen molar-refractivity contribution in [1.29, 1.82) is 0 Å². The minimum atomic E-state index is -1.16. The molecule has 3 aliphatic carbocycles. The number of alkyl carbamates (subject to hydrolysis) is 1. The summed E-state index contributed by atoms with van der Waals surface area (Å²) in [5, 5.41) is 12.6. The highest BCUT2D eigenvalue weighted by atomic mass is 16.5. The van der Waals surface area contributed by atoms with Crippen LogP contribution in [0, 0.1) is 5.92 Å². The van der Waals surface area contributed by atoms with E-state index >= 15 is 0 Å². The Hall–Kier alpha value is -3.35. The van der Waals surface area contributed by atoms with Gasteiger partial charge < -0.3 is 20.1 Å². The number of carbonyl (C=O) groups is 3. The molecule has 5 rings (SSSR count). The molecule has 0 radical (unpaired) electrons. The second kappa shape index (κ2) is 8.70. The van der Waals surface area contributed by atoms with Crippen molar-refractivity contribution in [3.05, 3.63) is 59.7 Å². The summed E-state index contributed by atoms with van der Waals surface area (Å²) in [6, 6.07) is 16.3. The van der Waals surface area contributed by atoms with E-state index in [2.05, 4.69) is 36.5 Å². The van der Waals surface area contributed by atoms with Crippen LogP contribution in [0.4, 0.5) is 4.79 Å². The fourth-order valence-electron chi connectivity index (χ4n) is 6.07. The van der Waals surface area contributed by atoms with Gasteiger partial charge >= 0.3 is 12.1 Å². The molecule has 2 amide bonds. The Morgan fingerprint density at radius 3 is 2.17 bits per heavy atom. The number of hydrogen-bond donors (Lipinski definition) is 2. The number of aliphatic carboxylic acids is 1. The monoisotopic (exact) mass is 476 g/mol. The topological polar surface area (TPSA) is 95.9 Å². The maximum atomic E-state index is 13.7. The van der Waals surface area contributed by atoms with Crippen LogP contribution >= 0.6 is 0 Å². The van der Waals surface area contributed by atoms with Crippen LogP contribution in [-0.4, -0.2) is 52.7 Å². The predicted octanol–water partition coefficient (Wildman–Crippen LogP) is 4.55. The van der Waals surface area contributed by atoms with Crippen LogP contribution in [0.2, 0.25) is 0 Å². The van der Waals surface area contributed by atoms with Crippen LogP contribution in [0.25, 0.3) is 11.1 Å². The molecule has 7 nitrogen and oxygen atoms in total. The number of carboxylic acid groups (broad SMARTS) is 1. The van der Waals surface area contributed by atoms with Gasteiger partial charge in [-0.05, 0) is 53.9 Å². The molecule has 2 saturated carbocycles. The highest BCUT2D eigenvalue weighted by Gasteiger charge is 2.59. The highest BCUT2D eigenvalue weighted by Crippen LogP contribution is 2.45. The zero-order valence-electron chi connectivity index (χ0n) is 20.3. The normalized spacial score (nSPS) is 24.1. The van der Waals surface area contributed by atoms with Gasteiger partial charge in [-0.3, -0.25) is 4.79 Å². The molecule has 2 atom stereocenters. The lowest BCUT2D eigenvalue weighted by molar-refractivity contribution is -0.154. The van der Waals surface area contributed by atoms with Crippen molar-refractivity contribution >= 4 is 18.0 Å². The lowest BCUT2D eigenvalue weighted by Crippen LogP contribution is -2.63. The molecule has 2 aromatic rings. The number of nitrogens with zero attached hydrogens (tertiary/aromatic N) is 1. The summed E-state index contributed by atoms with van der Waals surface area (Å²) in [4.78, 5) is 40.0. The van der Waals surface area contributed by atoms with Gasteiger partial charge in [0.1, 0.15) is 17.7 Å². The summed E-state index contributed by atoms with van der Waals surface area (Å²) >= 11 is 0. The highest BCUT2D eigenvalue weighted by molar-refractivity contribution is 5.95. The molecule has 184 valence electrons. The molecule has 3 aliphatic rings. The molecule has 0 aromatic heterocycles. The Morgan fingerprint density at radius 1 is 1.03 bits per heavy atom. The number of nitrogens with one attached hydrogen (secondary N) is 1. The Kier molecular flexibility index (Phi) is 5.82. The van der Waals surface area contributed by atoms with E-state index in [1.165, 1.54) is 4.90 Å². The quantitative estimate of drug-likeness (QED) is 0.638. The van der Waals surface area contributed by atoms with Gasteiger partial charge in [0.2, 0.25) is 5.91 Å². The summed E-state index contributed by atoms with van der Waals surface area (Å²) < 4.78 is 5.74. The van der Waals surface area contributed by atoms with Crippen LogP contribution in [0.5, 0.6) is 0 Å². The second-order valence-corrected chi connectivity index (χ2v) is 10.4. The zero-order chi connectivity index (χ0) is 24.8. The van der Waals surface area contributed by atoms with E-state index in [0.29, 0.717) is 25.7 Å². The fraction of sp³-hybridized carbons (Fsp3) is 0.464. The Balaban J connectivity index is 1.33. The van der Waals surface area contributed by atoms with Crippen molar-refractivity contribution in [2.75, 3.05) is 13.7 Å². The summed E-state index contributed by atoms with van der Waals surface area (Å²) in [6.45, 7) is 2.22. The molecule has 2 N–H and O–H groups in total. The number of carboxylic acids is 1. The minimum absolute atomic E-state index is 0.0745. The molecule has 2 aromatic carbocycles. The second-order valence-electron chi connectivity index (χ2n) is 10.4. The van der Waals surface area contributed by atoms with Crippen molar-refractivity contribution < 1.29 is 24.2 Å². The summed E-state index contributed by atoms with van der Waals surface area (Å²) in [6.07, 6.45) is 2.92. The van der Waals surface area contributed by atoms with Crippen LogP contribution in [0.1, 0.15) is 62.5 Å². The van der Waals surface area contributed by atoms with E-state index in [1.807, 2.05) is 24.3 Å². The third-order valence-corrected chi connectivity index (χ3v) is 8.16. The first kappa shape index (κ1) is 23.4. The van der Waals surface area contributed by atoms with Gasteiger partial charge in [0.15, 0.2) is 0 Å². The van der Waals surface area contributed by atoms with E-state index in [1.54, 1.807) is 7.05 Å². The number of benzene rings is 2. The molecule has 2 fully saturated rings. The first-order chi connectivity index (χ1) is 16.8. The lowest BCUT2D eigenvalue weighted by Gasteiger charge is -2.42. The van der Waals surface area contributed by atoms with Crippen LogP contribution in [-0.2, 0) is 14.3 Å². The number of carbonyl (C=O) groups excluding carboxylic acids is 2. The van der Waals surface area contributed by atoms with Crippen molar-refractivity contribution in [1.82, 2.24) is 10.2 Å². The number of amides is 2. The standard InChI is InChI=1S/C28H32N2O5/c1-18-8-7-13-27(16-18,24(31)30(2)28(14-15-28)25(32)33)29-26(34)35-17-23-21-11-5-3-9-19(21)20-10-4-6-12-22(20)23/h3-6,9-12,18,23H,7-8,13-17H2,1-2H3,(H,29,34)(H,32,33). The first-order valence-electron chi connectivity index (χ1n) is 12.4. The SMILES string of the molecule is CC1CCCC(NC(=O)OCC2c3ccccc3-c3ccccc32)(C(=O)N(C)C2(C(=O)O)CC2)C1. The molecular weight excluding hydrogens is 444 g/mol. The van der Waals surface area contributed by atoms with Gasteiger partial charge in [-0.2, -0.15) is 0 Å². The number of fused-ring (bicyclic) bond motifs is 3. The number of hydrogen-bond acceptors (Lipinski definition) is 4. The fourth-order valence-corrected chi connectivity index (χ4v) is 6.07. The van der Waals surface area contributed by atoms with Gasteiger partial charge in [0.25, 0.3) is 0 Å². The predicted molar refractivity (Wildman–Crippen MR) is 131 cm³/mol. The minimum Gasteiger partial charge on any atom is -0.479 e. The molecular formula is C28H32N2O5. The third kappa shape index (κ3) is 3.97. The summed E-state index contributed by atoms with van der Waals surface area (Å²) in [5.41, 5.74) is 2.23. The zero-order valence-corrected chi connectivity index (χ0v) is 20.3. The van der Waals surface area contributed by atoms with E-state index in [9.17, 15) is 19.5 Å². The van der Waals surface area contributed by atoms with Gasteiger partial charge in [-0.15, -0.1) is 0 Å². The van der Waals surface area contributed by atoms with Crippen molar-refractivity contribution in [3.8, 4) is 11.1 Å². The summed E-state index contributed by atoms with van der Waals surface area (Å²) in [5.74, 6) is -1.17. The Morgan fingerprint density at radius 2 is 1.63 bits per heavy atom. The third-order valence-electron chi connectivity index (χ3n) is 8.16. The Bertz CT molecular complexity index is 1130. The van der Waals surface area contributed by atoms with E-state index in [4.69, 9.17) is 4.74 Å². The van der Waals surface area contributed by atoms with E-state index < -0.39 is 23.1 Å². The molecule has 0 heterocycles. The van der Waals surface area contributed by atoms with Gasteiger partial charge in [0.05, 0.1) is 0 Å². The molecule has 0 spiro atoms. The van der Waals surface area contributed by atoms with E-state index in [0.717, 1.165) is 35.1 Å². The van der Waals surface area contributed by atoms with Crippen molar-refractivity contribution in [2.45, 2.75) is 62.4 Å². The maximum Gasteiger partial charge on any atom is 0.408 e. The van der Waals surface area contributed by atoms with Crippen molar-refractivity contribution in [3.63, 3.8) is 0 Å². The number of ether oxygens (including phenoxy) is 1. The molecule has 0 bridgehead atoms. The average molecular weight is 477 g/mol. The van der Waals surface area contributed by atoms with Gasteiger partial charge in [0, 0.05) is 13.0 Å². The van der Waals surface area contributed by atoms with Crippen LogP contribution < -0.4 is 5.32 Å². The van der Waals surface area contributed by atoms with E-state index in [-0.39, 0.29) is 24.3 Å². The number of likely N-dealkylation sites (N-methyl/N-ethyl adjacent to an activating group) is 1. The summed E-state index contributed by atoms with van der Waals surface area (Å²) in [7, 11) is 1.55. The molecule has 0 saturated heterocycles. The largest absolute Gasteiger partial charge is 0.479 e. The molecule has 7 heteroatoms. The Labute approximate surface area is 205 Å². The molecule has 2 unspecified atom stereocenters. The number of rotatable bonds is 6. The van der Waals surface area contributed by atoms with Crippen LogP contribution in [0.3, 0.4) is 0 Å².